The fourth-order valence-corrected chi connectivity index (χ4v) is 4.15. The third-order valence-electron chi connectivity index (χ3n) is 6.24. The lowest BCUT2D eigenvalue weighted by molar-refractivity contribution is -0.126. The van der Waals surface area contributed by atoms with Crippen LogP contribution in [-0.4, -0.2) is 35.4 Å². The smallest absolute Gasteiger partial charge is 0.411 e. The summed E-state index contributed by atoms with van der Waals surface area (Å²) in [5.41, 5.74) is 2.01. The molecule has 2 N–H and O–H groups in total. The quantitative estimate of drug-likeness (QED) is 0.393. The van der Waals surface area contributed by atoms with Gasteiger partial charge in [-0.2, -0.15) is 0 Å². The molecule has 0 aliphatic carbocycles. The van der Waals surface area contributed by atoms with E-state index < -0.39 is 35.8 Å². The average Bonchev–Trinajstić information content (AvgIpc) is 3.21. The monoisotopic (exact) mass is 521 g/mol. The van der Waals surface area contributed by atoms with E-state index in [2.05, 4.69) is 24.5 Å². The van der Waals surface area contributed by atoms with Crippen LogP contribution in [0.3, 0.4) is 0 Å². The second-order valence-corrected chi connectivity index (χ2v) is 9.56. The molecule has 198 valence electrons. The maximum atomic E-state index is 13.4. The van der Waals surface area contributed by atoms with Gasteiger partial charge < -0.3 is 15.4 Å². The highest BCUT2D eigenvalue weighted by atomic mass is 19.1. The number of benzene rings is 3. The third-order valence-corrected chi connectivity index (χ3v) is 6.24. The molecule has 0 aromatic heterocycles. The third kappa shape index (κ3) is 6.53. The van der Waals surface area contributed by atoms with Gasteiger partial charge in [-0.15, -0.1) is 0 Å². The molecular weight excluding hydrogens is 492 g/mol. The summed E-state index contributed by atoms with van der Waals surface area (Å²) in [5.74, 6) is -1.20. The van der Waals surface area contributed by atoms with Crippen molar-refractivity contribution in [3.63, 3.8) is 0 Å². The van der Waals surface area contributed by atoms with Crippen molar-refractivity contribution < 1.29 is 27.9 Å². The molecule has 0 bridgehead atoms. The molecule has 1 aliphatic rings. The molecule has 3 amide bonds. The number of nitrogens with zero attached hydrogens (tertiary/aromatic N) is 1. The van der Waals surface area contributed by atoms with Crippen LogP contribution >= 0.6 is 0 Å². The first-order valence-corrected chi connectivity index (χ1v) is 12.4. The summed E-state index contributed by atoms with van der Waals surface area (Å²) in [6, 6.07) is 16.6. The Labute approximate surface area is 219 Å². The molecule has 7 nitrogen and oxygen atoms in total. The maximum Gasteiger partial charge on any atom is 0.411 e. The first-order chi connectivity index (χ1) is 18.2. The molecule has 38 heavy (non-hydrogen) atoms. The van der Waals surface area contributed by atoms with Crippen LogP contribution in [0.1, 0.15) is 47.9 Å². The van der Waals surface area contributed by atoms with E-state index >= 15 is 0 Å². The van der Waals surface area contributed by atoms with Crippen molar-refractivity contribution in [1.29, 1.82) is 0 Å². The van der Waals surface area contributed by atoms with E-state index in [0.717, 1.165) is 6.42 Å². The van der Waals surface area contributed by atoms with Gasteiger partial charge in [0.15, 0.2) is 12.1 Å². The predicted molar refractivity (Wildman–Crippen MR) is 138 cm³/mol. The Kier molecular flexibility index (Phi) is 8.35. The molecule has 0 unspecified atom stereocenters. The minimum Gasteiger partial charge on any atom is -0.438 e. The minimum absolute atomic E-state index is 0.0731. The van der Waals surface area contributed by atoms with Crippen LogP contribution in [-0.2, 0) is 16.1 Å². The zero-order valence-corrected chi connectivity index (χ0v) is 21.1. The van der Waals surface area contributed by atoms with Gasteiger partial charge in [-0.25, -0.2) is 13.6 Å². The number of amides is 3. The minimum atomic E-state index is -0.945. The molecule has 4 rings (SSSR count). The number of hydrogen-bond donors (Lipinski definition) is 2. The predicted octanol–water partition coefficient (Wildman–Crippen LogP) is 5.44. The SMILES string of the molecule is CC(C)CCNC(=O)[C@H]1[C@@H](c2ccc(NC(=O)c3ccc(F)cc3)cc2)OC(=O)N1Cc1ccc(F)cc1. The molecule has 1 aliphatic heterocycles. The summed E-state index contributed by atoms with van der Waals surface area (Å²) in [7, 11) is 0. The molecule has 2 atom stereocenters. The van der Waals surface area contributed by atoms with E-state index in [1.807, 2.05) is 0 Å². The Morgan fingerprint density at radius 3 is 2.13 bits per heavy atom. The van der Waals surface area contributed by atoms with Crippen LogP contribution < -0.4 is 10.6 Å². The summed E-state index contributed by atoms with van der Waals surface area (Å²) in [5, 5.41) is 5.64. The van der Waals surface area contributed by atoms with Gasteiger partial charge >= 0.3 is 6.09 Å². The van der Waals surface area contributed by atoms with Crippen LogP contribution in [0.5, 0.6) is 0 Å². The van der Waals surface area contributed by atoms with Crippen LogP contribution in [0.15, 0.2) is 72.8 Å². The summed E-state index contributed by atoms with van der Waals surface area (Å²) in [6.45, 7) is 4.62. The lowest BCUT2D eigenvalue weighted by Gasteiger charge is -2.24. The lowest BCUT2D eigenvalue weighted by atomic mass is 10.00. The van der Waals surface area contributed by atoms with E-state index in [9.17, 15) is 23.2 Å². The first-order valence-electron chi connectivity index (χ1n) is 12.4. The van der Waals surface area contributed by atoms with Crippen molar-refractivity contribution in [2.75, 3.05) is 11.9 Å². The highest BCUT2D eigenvalue weighted by Crippen LogP contribution is 2.34. The summed E-state index contributed by atoms with van der Waals surface area (Å²) < 4.78 is 32.2. The van der Waals surface area contributed by atoms with Gasteiger partial charge in [0.05, 0.1) is 6.54 Å². The fourth-order valence-electron chi connectivity index (χ4n) is 4.15. The number of carbonyl (C=O) groups is 3. The van der Waals surface area contributed by atoms with E-state index in [-0.39, 0.29) is 12.5 Å². The van der Waals surface area contributed by atoms with Gasteiger partial charge in [0.2, 0.25) is 5.91 Å². The normalized spacial score (nSPS) is 16.9. The topological polar surface area (TPSA) is 87.7 Å². The highest BCUT2D eigenvalue weighted by molar-refractivity contribution is 6.04. The van der Waals surface area contributed by atoms with Gasteiger partial charge in [0.1, 0.15) is 11.6 Å². The second kappa shape index (κ2) is 11.9. The van der Waals surface area contributed by atoms with Crippen molar-refractivity contribution in [3.05, 3.63) is 101 Å². The van der Waals surface area contributed by atoms with Crippen molar-refractivity contribution in [3.8, 4) is 0 Å². The van der Waals surface area contributed by atoms with Gasteiger partial charge in [-0.1, -0.05) is 38.1 Å². The van der Waals surface area contributed by atoms with E-state index in [1.165, 1.54) is 41.3 Å². The maximum absolute atomic E-state index is 13.4. The lowest BCUT2D eigenvalue weighted by Crippen LogP contribution is -2.46. The molecule has 3 aromatic rings. The van der Waals surface area contributed by atoms with Gasteiger partial charge in [-0.05, 0) is 72.0 Å². The van der Waals surface area contributed by atoms with Gasteiger partial charge in [0, 0.05) is 17.8 Å². The average molecular weight is 522 g/mol. The fraction of sp³-hybridized carbons (Fsp3) is 0.276. The number of ether oxygens (including phenoxy) is 1. The summed E-state index contributed by atoms with van der Waals surface area (Å²) in [4.78, 5) is 40.0. The Bertz CT molecular complexity index is 1280. The molecule has 0 spiro atoms. The molecule has 1 fully saturated rings. The number of carbonyl (C=O) groups excluding carboxylic acids is 3. The molecule has 1 heterocycles. The zero-order valence-electron chi connectivity index (χ0n) is 21.1. The number of nitrogens with one attached hydrogen (secondary N) is 2. The van der Waals surface area contributed by atoms with Gasteiger partial charge in [0.25, 0.3) is 5.91 Å². The first kappa shape index (κ1) is 26.8. The Morgan fingerprint density at radius 2 is 1.53 bits per heavy atom. The second-order valence-electron chi connectivity index (χ2n) is 9.56. The largest absolute Gasteiger partial charge is 0.438 e. The van der Waals surface area contributed by atoms with Crippen molar-refractivity contribution >= 4 is 23.6 Å². The number of halogens is 2. The molecule has 9 heteroatoms. The van der Waals surface area contributed by atoms with Crippen LogP contribution in [0, 0.1) is 17.6 Å². The molecule has 0 radical (unpaired) electrons. The van der Waals surface area contributed by atoms with Gasteiger partial charge in [-0.3, -0.25) is 14.5 Å². The molecule has 3 aromatic carbocycles. The highest BCUT2D eigenvalue weighted by Gasteiger charge is 2.46. The van der Waals surface area contributed by atoms with Crippen molar-refractivity contribution in [2.45, 2.75) is 39.0 Å². The molecule has 0 saturated carbocycles. The van der Waals surface area contributed by atoms with Crippen LogP contribution in [0.4, 0.5) is 19.3 Å². The number of rotatable bonds is 9. The molecular formula is C29H29F2N3O4. The molecule has 1 saturated heterocycles. The number of cyclic esters (lactones) is 1. The standard InChI is InChI=1S/C29H29F2N3O4/c1-18(2)15-16-32-28(36)25-26(38-29(37)34(25)17-19-3-9-22(30)10-4-19)20-7-13-24(14-8-20)33-27(35)21-5-11-23(31)12-6-21/h3-14,18,25-26H,15-17H2,1-2H3,(H,32,36)(H,33,35)/t25-,26-/m1/s1. The van der Waals surface area contributed by atoms with E-state index in [0.29, 0.717) is 34.8 Å². The Morgan fingerprint density at radius 1 is 0.921 bits per heavy atom. The van der Waals surface area contributed by atoms with E-state index in [4.69, 9.17) is 4.74 Å². The summed E-state index contributed by atoms with van der Waals surface area (Å²) >= 11 is 0. The van der Waals surface area contributed by atoms with E-state index in [1.54, 1.807) is 36.4 Å². The van der Waals surface area contributed by atoms with Crippen molar-refractivity contribution in [1.82, 2.24) is 10.2 Å². The Hall–Kier alpha value is -4.27. The van der Waals surface area contributed by atoms with Crippen LogP contribution in [0.2, 0.25) is 0 Å². The number of hydrogen-bond acceptors (Lipinski definition) is 4. The van der Waals surface area contributed by atoms with Crippen LogP contribution in [0.25, 0.3) is 0 Å². The number of anilines is 1. The zero-order chi connectivity index (χ0) is 27.2. The van der Waals surface area contributed by atoms with Crippen molar-refractivity contribution in [2.24, 2.45) is 5.92 Å². The Balaban J connectivity index is 1.53. The summed E-state index contributed by atoms with van der Waals surface area (Å²) in [6.07, 6.45) is -0.765.